The van der Waals surface area contributed by atoms with Crippen molar-refractivity contribution in [3.8, 4) is 17.0 Å². The Hall–Kier alpha value is -3.08. The molecule has 0 saturated carbocycles. The highest BCUT2D eigenvalue weighted by Gasteiger charge is 2.25. The first-order chi connectivity index (χ1) is 13.2. The van der Waals surface area contributed by atoms with Crippen LogP contribution in [-0.2, 0) is 0 Å². The van der Waals surface area contributed by atoms with E-state index in [1.54, 1.807) is 7.11 Å². The molecule has 27 heavy (non-hydrogen) atoms. The van der Waals surface area contributed by atoms with Gasteiger partial charge in [0.1, 0.15) is 11.4 Å². The Bertz CT molecular complexity index is 912. The lowest BCUT2D eigenvalue weighted by Gasteiger charge is -2.31. The van der Waals surface area contributed by atoms with E-state index in [1.165, 1.54) is 5.56 Å². The Labute approximate surface area is 159 Å². The maximum atomic E-state index is 12.8. The Morgan fingerprint density at radius 1 is 1.07 bits per heavy atom. The Kier molecular flexibility index (Phi) is 4.92. The normalized spacial score (nSPS) is 14.9. The molecule has 0 atom stereocenters. The van der Waals surface area contributed by atoms with Crippen LogP contribution >= 0.6 is 0 Å². The second-order valence-electron chi connectivity index (χ2n) is 6.88. The number of amides is 1. The van der Waals surface area contributed by atoms with Crippen molar-refractivity contribution in [3.63, 3.8) is 0 Å². The molecular weight excluding hydrogens is 338 g/mol. The molecule has 1 aliphatic rings. The molecular formula is C22H23N3O2. The number of likely N-dealkylation sites (tertiary alicyclic amines) is 1. The van der Waals surface area contributed by atoms with Gasteiger partial charge in [0.05, 0.1) is 12.8 Å². The summed E-state index contributed by atoms with van der Waals surface area (Å²) < 4.78 is 5.26. The van der Waals surface area contributed by atoms with Gasteiger partial charge in [-0.05, 0) is 42.5 Å². The van der Waals surface area contributed by atoms with Crippen molar-refractivity contribution in [2.75, 3.05) is 20.2 Å². The highest BCUT2D eigenvalue weighted by Crippen LogP contribution is 2.29. The zero-order valence-electron chi connectivity index (χ0n) is 15.4. The fourth-order valence-electron chi connectivity index (χ4n) is 3.67. The number of nitrogens with zero attached hydrogens (tertiary/aromatic N) is 2. The predicted molar refractivity (Wildman–Crippen MR) is 105 cm³/mol. The summed E-state index contributed by atoms with van der Waals surface area (Å²) in [6, 6.07) is 20.1. The Morgan fingerprint density at radius 3 is 2.59 bits per heavy atom. The summed E-state index contributed by atoms with van der Waals surface area (Å²) in [5, 5.41) is 7.21. The summed E-state index contributed by atoms with van der Waals surface area (Å²) in [4.78, 5) is 14.8. The molecule has 5 nitrogen and oxygen atoms in total. The van der Waals surface area contributed by atoms with Gasteiger partial charge < -0.3 is 9.64 Å². The van der Waals surface area contributed by atoms with Gasteiger partial charge in [-0.15, -0.1) is 0 Å². The summed E-state index contributed by atoms with van der Waals surface area (Å²) in [5.41, 5.74) is 3.57. The number of rotatable bonds is 4. The molecule has 138 valence electrons. The number of ether oxygens (including phenoxy) is 1. The van der Waals surface area contributed by atoms with E-state index in [9.17, 15) is 4.79 Å². The number of carbonyl (C=O) groups excluding carboxylic acids is 1. The fourth-order valence-corrected chi connectivity index (χ4v) is 3.67. The summed E-state index contributed by atoms with van der Waals surface area (Å²) in [5.74, 6) is 1.32. The third-order valence-corrected chi connectivity index (χ3v) is 5.23. The Morgan fingerprint density at radius 2 is 1.85 bits per heavy atom. The molecule has 0 radical (unpaired) electrons. The molecule has 0 aliphatic carbocycles. The topological polar surface area (TPSA) is 58.2 Å². The summed E-state index contributed by atoms with van der Waals surface area (Å²) in [6.45, 7) is 1.54. The van der Waals surface area contributed by atoms with E-state index < -0.39 is 0 Å². The van der Waals surface area contributed by atoms with Gasteiger partial charge in [-0.2, -0.15) is 5.10 Å². The molecule has 0 unspecified atom stereocenters. The molecule has 1 fully saturated rings. The first kappa shape index (κ1) is 17.3. The van der Waals surface area contributed by atoms with Crippen LogP contribution in [0.1, 0.15) is 34.8 Å². The van der Waals surface area contributed by atoms with Crippen molar-refractivity contribution in [2.45, 2.75) is 18.8 Å². The molecule has 1 amide bonds. The lowest BCUT2D eigenvalue weighted by atomic mass is 9.89. The number of carbonyl (C=O) groups is 1. The average Bonchev–Trinajstić information content (AvgIpc) is 3.24. The van der Waals surface area contributed by atoms with Crippen molar-refractivity contribution in [3.05, 3.63) is 71.9 Å². The Balaban J connectivity index is 1.43. The van der Waals surface area contributed by atoms with Crippen LogP contribution in [0.15, 0.2) is 60.7 Å². The van der Waals surface area contributed by atoms with Crippen LogP contribution in [0.3, 0.4) is 0 Å². The van der Waals surface area contributed by atoms with Crippen LogP contribution in [0.4, 0.5) is 0 Å². The number of hydrogen-bond acceptors (Lipinski definition) is 3. The monoisotopic (exact) mass is 361 g/mol. The maximum absolute atomic E-state index is 12.8. The van der Waals surface area contributed by atoms with Gasteiger partial charge in [0.25, 0.3) is 5.91 Å². The molecule has 1 N–H and O–H groups in total. The van der Waals surface area contributed by atoms with Crippen molar-refractivity contribution in [2.24, 2.45) is 0 Å². The van der Waals surface area contributed by atoms with E-state index in [2.05, 4.69) is 34.5 Å². The van der Waals surface area contributed by atoms with Crippen LogP contribution < -0.4 is 4.74 Å². The number of hydrogen-bond donors (Lipinski definition) is 1. The molecule has 0 bridgehead atoms. The van der Waals surface area contributed by atoms with Crippen LogP contribution in [0.25, 0.3) is 11.3 Å². The minimum Gasteiger partial charge on any atom is -0.497 e. The summed E-state index contributed by atoms with van der Waals surface area (Å²) in [6.07, 6.45) is 1.99. The van der Waals surface area contributed by atoms with Crippen LogP contribution in [0.5, 0.6) is 5.75 Å². The zero-order valence-corrected chi connectivity index (χ0v) is 15.4. The molecule has 3 aromatic rings. The third-order valence-electron chi connectivity index (χ3n) is 5.23. The molecule has 0 spiro atoms. The molecule has 4 rings (SSSR count). The van der Waals surface area contributed by atoms with Crippen molar-refractivity contribution in [1.29, 1.82) is 0 Å². The highest BCUT2D eigenvalue weighted by molar-refractivity contribution is 5.93. The van der Waals surface area contributed by atoms with E-state index in [4.69, 9.17) is 4.74 Å². The number of aromatic amines is 1. The zero-order chi connectivity index (χ0) is 18.6. The quantitative estimate of drug-likeness (QED) is 0.761. The van der Waals surface area contributed by atoms with Crippen molar-refractivity contribution < 1.29 is 9.53 Å². The van der Waals surface area contributed by atoms with Gasteiger partial charge in [0.2, 0.25) is 0 Å². The predicted octanol–water partition coefficient (Wildman–Crippen LogP) is 4.11. The maximum Gasteiger partial charge on any atom is 0.271 e. The molecule has 2 heterocycles. The van der Waals surface area contributed by atoms with Gasteiger partial charge in [-0.25, -0.2) is 0 Å². The molecule has 1 aliphatic heterocycles. The fraction of sp³-hybridized carbons (Fsp3) is 0.273. The van der Waals surface area contributed by atoms with Gasteiger partial charge in [-0.3, -0.25) is 9.89 Å². The summed E-state index contributed by atoms with van der Waals surface area (Å²) >= 11 is 0. The van der Waals surface area contributed by atoms with E-state index in [1.807, 2.05) is 41.3 Å². The third kappa shape index (κ3) is 3.72. The highest BCUT2D eigenvalue weighted by atomic mass is 16.5. The van der Waals surface area contributed by atoms with Crippen LogP contribution in [0.2, 0.25) is 0 Å². The smallest absolute Gasteiger partial charge is 0.271 e. The van der Waals surface area contributed by atoms with Crippen LogP contribution in [0, 0.1) is 0 Å². The number of H-pyrrole nitrogens is 1. The lowest BCUT2D eigenvalue weighted by Crippen LogP contribution is -2.38. The van der Waals surface area contributed by atoms with E-state index in [-0.39, 0.29) is 5.91 Å². The van der Waals surface area contributed by atoms with Gasteiger partial charge >= 0.3 is 0 Å². The minimum atomic E-state index is 0.0168. The van der Waals surface area contributed by atoms with E-state index >= 15 is 0 Å². The van der Waals surface area contributed by atoms with Gasteiger partial charge in [0, 0.05) is 18.7 Å². The largest absolute Gasteiger partial charge is 0.497 e. The standard InChI is InChI=1S/C22H23N3O2/c1-27-19-9-5-8-18(14-19)20-15-21(24-23-20)22(26)25-12-10-17(11-13-25)16-6-3-2-4-7-16/h2-9,14-15,17H,10-13H2,1H3,(H,23,24). The second-order valence-corrected chi connectivity index (χ2v) is 6.88. The number of nitrogens with one attached hydrogen (secondary N) is 1. The second kappa shape index (κ2) is 7.66. The SMILES string of the molecule is COc1cccc(-c2cc(C(=O)N3CCC(c4ccccc4)CC3)[nH]n2)c1. The van der Waals surface area contributed by atoms with Gasteiger partial charge in [0.15, 0.2) is 0 Å². The average molecular weight is 361 g/mol. The number of methoxy groups -OCH3 is 1. The number of benzene rings is 2. The van der Waals surface area contributed by atoms with Crippen molar-refractivity contribution in [1.82, 2.24) is 15.1 Å². The summed E-state index contributed by atoms with van der Waals surface area (Å²) in [7, 11) is 1.64. The molecule has 1 aromatic heterocycles. The first-order valence-electron chi connectivity index (χ1n) is 9.28. The minimum absolute atomic E-state index is 0.0168. The first-order valence-corrected chi connectivity index (χ1v) is 9.28. The van der Waals surface area contributed by atoms with Crippen LogP contribution in [-0.4, -0.2) is 41.2 Å². The molecule has 2 aromatic carbocycles. The van der Waals surface area contributed by atoms with E-state index in [0.29, 0.717) is 11.6 Å². The number of piperidine rings is 1. The molecule has 1 saturated heterocycles. The van der Waals surface area contributed by atoms with Gasteiger partial charge in [-0.1, -0.05) is 42.5 Å². The van der Waals surface area contributed by atoms with E-state index in [0.717, 1.165) is 42.9 Å². The van der Waals surface area contributed by atoms with Crippen molar-refractivity contribution >= 4 is 5.91 Å². The number of aromatic nitrogens is 2. The molecule has 5 heteroatoms. The lowest BCUT2D eigenvalue weighted by molar-refractivity contribution is 0.0707.